The fourth-order valence-corrected chi connectivity index (χ4v) is 3.65. The second kappa shape index (κ2) is 9.74. The summed E-state index contributed by atoms with van der Waals surface area (Å²) in [6.07, 6.45) is 1.57. The maximum absolute atomic E-state index is 12.7. The molecule has 7 heteroatoms. The van der Waals surface area contributed by atoms with Gasteiger partial charge in [0.05, 0.1) is 22.3 Å². The normalized spacial score (nSPS) is 11.2. The van der Waals surface area contributed by atoms with Crippen molar-refractivity contribution in [1.82, 2.24) is 4.57 Å². The third kappa shape index (κ3) is 4.93. The zero-order valence-electron chi connectivity index (χ0n) is 17.4. The van der Waals surface area contributed by atoms with Crippen LogP contribution >= 0.6 is 23.2 Å². The highest BCUT2D eigenvalue weighted by atomic mass is 35.5. The predicted octanol–water partition coefficient (Wildman–Crippen LogP) is 6.35. The Morgan fingerprint density at radius 3 is 2.55 bits per heavy atom. The number of amides is 1. The van der Waals surface area contributed by atoms with Crippen LogP contribution in [0.5, 0.6) is 5.75 Å². The van der Waals surface area contributed by atoms with Crippen LogP contribution in [0.1, 0.15) is 23.9 Å². The molecule has 0 fully saturated rings. The second-order valence-electron chi connectivity index (χ2n) is 6.82. The fraction of sp³-hybridized carbons (Fsp3) is 0.167. The van der Waals surface area contributed by atoms with Crippen LogP contribution in [0.2, 0.25) is 10.0 Å². The summed E-state index contributed by atoms with van der Waals surface area (Å²) in [6, 6.07) is 16.3. The first-order valence-electron chi connectivity index (χ1n) is 9.65. The van der Waals surface area contributed by atoms with E-state index in [1.807, 2.05) is 49.6 Å². The number of nitrogens with one attached hydrogen (secondary N) is 1. The summed E-state index contributed by atoms with van der Waals surface area (Å²) in [5, 5.41) is 13.2. The zero-order valence-corrected chi connectivity index (χ0v) is 18.9. The highest BCUT2D eigenvalue weighted by Crippen LogP contribution is 2.32. The molecule has 0 saturated heterocycles. The third-order valence-electron chi connectivity index (χ3n) is 4.73. The average molecular weight is 454 g/mol. The van der Waals surface area contributed by atoms with Gasteiger partial charge in [0.1, 0.15) is 17.4 Å². The molecule has 0 aliphatic rings. The molecular weight excluding hydrogens is 433 g/mol. The molecule has 0 spiro atoms. The van der Waals surface area contributed by atoms with Gasteiger partial charge in [-0.1, -0.05) is 29.3 Å². The van der Waals surface area contributed by atoms with Gasteiger partial charge < -0.3 is 14.6 Å². The largest absolute Gasteiger partial charge is 0.494 e. The summed E-state index contributed by atoms with van der Waals surface area (Å²) in [5.74, 6) is 0.223. The minimum atomic E-state index is -0.489. The van der Waals surface area contributed by atoms with Crippen molar-refractivity contribution in [2.45, 2.75) is 20.8 Å². The van der Waals surface area contributed by atoms with Crippen molar-refractivity contribution < 1.29 is 9.53 Å². The van der Waals surface area contributed by atoms with Gasteiger partial charge in [-0.2, -0.15) is 5.26 Å². The summed E-state index contributed by atoms with van der Waals surface area (Å²) in [4.78, 5) is 12.7. The molecule has 1 N–H and O–H groups in total. The first kappa shape index (κ1) is 22.5. The number of halogens is 2. The quantitative estimate of drug-likeness (QED) is 0.349. The summed E-state index contributed by atoms with van der Waals surface area (Å²) >= 11 is 12.6. The van der Waals surface area contributed by atoms with Gasteiger partial charge in [-0.05, 0) is 74.9 Å². The topological polar surface area (TPSA) is 67.0 Å². The Morgan fingerprint density at radius 2 is 1.90 bits per heavy atom. The van der Waals surface area contributed by atoms with E-state index in [2.05, 4.69) is 5.32 Å². The van der Waals surface area contributed by atoms with Crippen molar-refractivity contribution in [3.05, 3.63) is 81.1 Å². The monoisotopic (exact) mass is 453 g/mol. The van der Waals surface area contributed by atoms with Crippen molar-refractivity contribution in [2.24, 2.45) is 0 Å². The van der Waals surface area contributed by atoms with Gasteiger partial charge in [-0.3, -0.25) is 4.79 Å². The Kier molecular flexibility index (Phi) is 7.06. The Labute approximate surface area is 191 Å². The number of aromatic nitrogens is 1. The minimum Gasteiger partial charge on any atom is -0.494 e. The second-order valence-corrected chi connectivity index (χ2v) is 7.60. The van der Waals surface area contributed by atoms with Gasteiger partial charge in [0.15, 0.2) is 0 Å². The maximum atomic E-state index is 12.7. The molecular formula is C24H21Cl2N3O2. The molecule has 1 heterocycles. The number of aryl methyl sites for hydroxylation is 1. The van der Waals surface area contributed by atoms with Crippen molar-refractivity contribution in [2.75, 3.05) is 11.9 Å². The number of ether oxygens (including phenoxy) is 1. The van der Waals surface area contributed by atoms with Crippen LogP contribution in [0.15, 0.2) is 54.1 Å². The zero-order chi connectivity index (χ0) is 22.5. The number of carbonyl (C=O) groups is 1. The predicted molar refractivity (Wildman–Crippen MR) is 125 cm³/mol. The van der Waals surface area contributed by atoms with Crippen molar-refractivity contribution >= 4 is 40.9 Å². The number of benzene rings is 2. The average Bonchev–Trinajstić information content (AvgIpc) is 3.02. The number of anilines is 1. The SMILES string of the molecule is CCOc1ccc(NC(=O)/C(C#N)=C\c2cc(C)n(-c3cccc(Cl)c3Cl)c2C)cc1. The lowest BCUT2D eigenvalue weighted by Crippen LogP contribution is -2.13. The molecule has 0 unspecified atom stereocenters. The summed E-state index contributed by atoms with van der Waals surface area (Å²) in [6.45, 7) is 6.28. The van der Waals surface area contributed by atoms with E-state index in [0.717, 1.165) is 22.6 Å². The highest BCUT2D eigenvalue weighted by Gasteiger charge is 2.16. The summed E-state index contributed by atoms with van der Waals surface area (Å²) < 4.78 is 7.34. The van der Waals surface area contributed by atoms with E-state index in [9.17, 15) is 10.1 Å². The van der Waals surface area contributed by atoms with Crippen LogP contribution in [0.3, 0.4) is 0 Å². The van der Waals surface area contributed by atoms with E-state index in [1.54, 1.807) is 36.4 Å². The molecule has 158 valence electrons. The Bertz CT molecular complexity index is 1190. The number of rotatable bonds is 6. The van der Waals surface area contributed by atoms with E-state index >= 15 is 0 Å². The van der Waals surface area contributed by atoms with Crippen molar-refractivity contribution in [1.29, 1.82) is 5.26 Å². The van der Waals surface area contributed by atoms with Gasteiger partial charge in [-0.15, -0.1) is 0 Å². The number of carbonyl (C=O) groups excluding carboxylic acids is 1. The Hall–Kier alpha value is -3.20. The van der Waals surface area contributed by atoms with Crippen LogP contribution in [-0.2, 0) is 4.79 Å². The summed E-state index contributed by atoms with van der Waals surface area (Å²) in [5.41, 5.74) is 3.78. The van der Waals surface area contributed by atoms with Crippen molar-refractivity contribution in [3.8, 4) is 17.5 Å². The van der Waals surface area contributed by atoms with Crippen LogP contribution in [-0.4, -0.2) is 17.1 Å². The van der Waals surface area contributed by atoms with Crippen LogP contribution in [0.4, 0.5) is 5.69 Å². The Morgan fingerprint density at radius 1 is 1.19 bits per heavy atom. The molecule has 0 aliphatic carbocycles. The van der Waals surface area contributed by atoms with Crippen molar-refractivity contribution in [3.63, 3.8) is 0 Å². The molecule has 0 saturated carbocycles. The molecule has 31 heavy (non-hydrogen) atoms. The lowest BCUT2D eigenvalue weighted by molar-refractivity contribution is -0.112. The smallest absolute Gasteiger partial charge is 0.266 e. The maximum Gasteiger partial charge on any atom is 0.266 e. The van der Waals surface area contributed by atoms with E-state index < -0.39 is 5.91 Å². The molecule has 0 radical (unpaired) electrons. The first-order chi connectivity index (χ1) is 14.8. The molecule has 5 nitrogen and oxygen atoms in total. The molecule has 3 aromatic rings. The molecule has 0 aliphatic heterocycles. The lowest BCUT2D eigenvalue weighted by atomic mass is 10.1. The van der Waals surface area contributed by atoms with Gasteiger partial charge in [0, 0.05) is 17.1 Å². The number of hydrogen-bond acceptors (Lipinski definition) is 3. The molecule has 0 bridgehead atoms. The van der Waals surface area contributed by atoms with Gasteiger partial charge in [0.2, 0.25) is 0 Å². The lowest BCUT2D eigenvalue weighted by Gasteiger charge is -2.12. The highest BCUT2D eigenvalue weighted by molar-refractivity contribution is 6.43. The molecule has 2 aromatic carbocycles. The number of nitrogens with zero attached hydrogens (tertiary/aromatic N) is 2. The van der Waals surface area contributed by atoms with Gasteiger partial charge >= 0.3 is 0 Å². The van der Waals surface area contributed by atoms with E-state index in [1.165, 1.54) is 0 Å². The van der Waals surface area contributed by atoms with E-state index in [4.69, 9.17) is 27.9 Å². The number of nitriles is 1. The molecule has 1 amide bonds. The molecule has 1 aromatic heterocycles. The standard InChI is InChI=1S/C24H21Cl2N3O2/c1-4-31-20-10-8-19(9-11-20)28-24(30)18(14-27)13-17-12-15(2)29(16(17)3)22-7-5-6-21(25)23(22)26/h5-13H,4H2,1-3H3,(H,28,30)/b18-13-. The van der Waals surface area contributed by atoms with Crippen LogP contribution < -0.4 is 10.1 Å². The van der Waals surface area contributed by atoms with Gasteiger partial charge in [-0.25, -0.2) is 0 Å². The number of hydrogen-bond donors (Lipinski definition) is 1. The van der Waals surface area contributed by atoms with Crippen LogP contribution in [0, 0.1) is 25.2 Å². The van der Waals surface area contributed by atoms with Gasteiger partial charge in [0.25, 0.3) is 5.91 Å². The first-order valence-corrected chi connectivity index (χ1v) is 10.4. The summed E-state index contributed by atoms with van der Waals surface area (Å²) in [7, 11) is 0. The molecule has 0 atom stereocenters. The molecule has 3 rings (SSSR count). The fourth-order valence-electron chi connectivity index (χ4n) is 3.27. The third-order valence-corrected chi connectivity index (χ3v) is 5.54. The minimum absolute atomic E-state index is 0.00803. The van der Waals surface area contributed by atoms with Crippen LogP contribution in [0.25, 0.3) is 11.8 Å². The van der Waals surface area contributed by atoms with E-state index in [0.29, 0.717) is 28.1 Å². The Balaban J connectivity index is 1.90. The van der Waals surface area contributed by atoms with E-state index in [-0.39, 0.29) is 5.57 Å².